The molecule has 194 valence electrons. The first-order valence-electron chi connectivity index (χ1n) is 11.3. The maximum atomic E-state index is 13.9. The molecule has 0 saturated carbocycles. The fourth-order valence-corrected chi connectivity index (χ4v) is 5.08. The summed E-state index contributed by atoms with van der Waals surface area (Å²) in [5, 5.41) is 2.70. The topological polar surface area (TPSA) is 138 Å². The van der Waals surface area contributed by atoms with Crippen LogP contribution in [0.15, 0.2) is 88.6 Å². The monoisotopic (exact) mass is 527 g/mol. The summed E-state index contributed by atoms with van der Waals surface area (Å²) in [7, 11) is -2.95. The van der Waals surface area contributed by atoms with Gasteiger partial charge in [0.1, 0.15) is 17.9 Å². The molecule has 37 heavy (non-hydrogen) atoms. The quantitative estimate of drug-likeness (QED) is 0.231. The Hall–Kier alpha value is -3.76. The van der Waals surface area contributed by atoms with E-state index in [1.165, 1.54) is 17.9 Å². The minimum Gasteiger partial charge on any atom is -0.468 e. The van der Waals surface area contributed by atoms with E-state index in [0.29, 0.717) is 11.1 Å². The van der Waals surface area contributed by atoms with Crippen molar-refractivity contribution in [2.24, 2.45) is 0 Å². The highest BCUT2D eigenvalue weighted by molar-refractivity contribution is 7.52. The van der Waals surface area contributed by atoms with Gasteiger partial charge in [-0.2, -0.15) is 5.09 Å². The van der Waals surface area contributed by atoms with Crippen LogP contribution in [0, 0.1) is 6.92 Å². The van der Waals surface area contributed by atoms with Crippen LogP contribution in [0.25, 0.3) is 0 Å². The highest BCUT2D eigenvalue weighted by Gasteiger charge is 2.36. The third-order valence-electron chi connectivity index (χ3n) is 5.46. The number of H-pyrrole nitrogens is 1. The molecule has 1 aliphatic heterocycles. The van der Waals surface area contributed by atoms with Crippen LogP contribution in [-0.2, 0) is 23.4 Å². The van der Waals surface area contributed by atoms with Crippen LogP contribution >= 0.6 is 7.75 Å². The number of esters is 1. The standard InChI is InChI=1S/C25H26N3O8P/c1-17-15-28(25(31)26-23(17)29)21-14-13-20(35-21)16-34-37(32,36-19-11-7-4-8-12-19)27-22(24(30)33-2)18-9-5-3-6-10-18/h3-15,20-22H,16H2,1-2H3,(H,27,32)(H,26,29,31)/t20-,21+,22-,37?/m0/s1. The van der Waals surface area contributed by atoms with Gasteiger partial charge in [-0.25, -0.2) is 14.2 Å². The maximum absolute atomic E-state index is 13.9. The molecule has 2 N–H and O–H groups in total. The van der Waals surface area contributed by atoms with Gasteiger partial charge in [0.25, 0.3) is 5.56 Å². The molecule has 0 spiro atoms. The molecule has 0 saturated heterocycles. The summed E-state index contributed by atoms with van der Waals surface area (Å²) in [6, 6.07) is 15.8. The number of carbonyl (C=O) groups excluding carboxylic acids is 1. The number of rotatable bonds is 10. The van der Waals surface area contributed by atoms with Gasteiger partial charge in [-0.1, -0.05) is 54.6 Å². The molecule has 0 aliphatic carbocycles. The Kier molecular flexibility index (Phi) is 8.20. The number of aromatic nitrogens is 2. The Morgan fingerprint density at radius 3 is 2.46 bits per heavy atom. The first kappa shape index (κ1) is 26.3. The molecule has 4 atom stereocenters. The van der Waals surface area contributed by atoms with E-state index in [-0.39, 0.29) is 12.4 Å². The van der Waals surface area contributed by atoms with Gasteiger partial charge in [-0.3, -0.25) is 18.9 Å². The van der Waals surface area contributed by atoms with Crippen molar-refractivity contribution < 1.29 is 27.9 Å². The lowest BCUT2D eigenvalue weighted by atomic mass is 10.1. The van der Waals surface area contributed by atoms with Gasteiger partial charge in [-0.15, -0.1) is 0 Å². The molecule has 0 bridgehead atoms. The molecule has 4 rings (SSSR count). The average molecular weight is 527 g/mol. The van der Waals surface area contributed by atoms with Crippen LogP contribution in [-0.4, -0.2) is 35.3 Å². The zero-order valence-corrected chi connectivity index (χ0v) is 21.0. The average Bonchev–Trinajstić information content (AvgIpc) is 3.38. The van der Waals surface area contributed by atoms with E-state index in [1.807, 2.05) is 0 Å². The van der Waals surface area contributed by atoms with Crippen molar-refractivity contribution in [3.63, 3.8) is 0 Å². The number of aromatic amines is 1. The summed E-state index contributed by atoms with van der Waals surface area (Å²) in [5.41, 5.74) is -0.266. The molecule has 1 aliphatic rings. The second kappa shape index (κ2) is 11.5. The van der Waals surface area contributed by atoms with Crippen LogP contribution in [0.5, 0.6) is 5.75 Å². The highest BCUT2D eigenvalue weighted by atomic mass is 31.2. The third kappa shape index (κ3) is 6.52. The van der Waals surface area contributed by atoms with Gasteiger partial charge in [0, 0.05) is 11.8 Å². The van der Waals surface area contributed by atoms with Gasteiger partial charge in [0.2, 0.25) is 0 Å². The molecule has 0 radical (unpaired) electrons. The predicted molar refractivity (Wildman–Crippen MR) is 134 cm³/mol. The molecule has 2 heterocycles. The largest absolute Gasteiger partial charge is 0.468 e. The number of aryl methyl sites for hydroxylation is 1. The fraction of sp³-hybridized carbons (Fsp3) is 0.240. The highest BCUT2D eigenvalue weighted by Crippen LogP contribution is 2.47. The van der Waals surface area contributed by atoms with Gasteiger partial charge in [-0.05, 0) is 30.7 Å². The van der Waals surface area contributed by atoms with E-state index in [1.54, 1.807) is 79.7 Å². The maximum Gasteiger partial charge on any atom is 0.459 e. The van der Waals surface area contributed by atoms with E-state index in [0.717, 1.165) is 0 Å². The van der Waals surface area contributed by atoms with Crippen LogP contribution in [0.1, 0.15) is 23.4 Å². The van der Waals surface area contributed by atoms with E-state index in [2.05, 4.69) is 10.1 Å². The Bertz CT molecular complexity index is 1420. The molecule has 12 heteroatoms. The minimum atomic E-state index is -4.18. The smallest absolute Gasteiger partial charge is 0.459 e. The summed E-state index contributed by atoms with van der Waals surface area (Å²) in [6.45, 7) is 1.34. The number of hydrogen-bond donors (Lipinski definition) is 2. The summed E-state index contributed by atoms with van der Waals surface area (Å²) in [4.78, 5) is 38.7. The van der Waals surface area contributed by atoms with E-state index < -0.39 is 43.3 Å². The molecule has 3 aromatic rings. The molecule has 11 nitrogen and oxygen atoms in total. The number of hydrogen-bond acceptors (Lipinski definition) is 8. The Morgan fingerprint density at radius 2 is 1.78 bits per heavy atom. The van der Waals surface area contributed by atoms with Crippen LogP contribution in [0.2, 0.25) is 0 Å². The van der Waals surface area contributed by atoms with Crippen molar-refractivity contribution in [1.82, 2.24) is 14.6 Å². The summed E-state index contributed by atoms with van der Waals surface area (Å²) < 4.78 is 37.3. The summed E-state index contributed by atoms with van der Waals surface area (Å²) in [5.74, 6) is -0.428. The van der Waals surface area contributed by atoms with Crippen LogP contribution in [0.4, 0.5) is 0 Å². The minimum absolute atomic E-state index is 0.232. The predicted octanol–water partition coefficient (Wildman–Crippen LogP) is 3.01. The van der Waals surface area contributed by atoms with Crippen molar-refractivity contribution >= 4 is 13.7 Å². The van der Waals surface area contributed by atoms with E-state index in [4.69, 9.17) is 18.5 Å². The van der Waals surface area contributed by atoms with Gasteiger partial charge in [0.05, 0.1) is 13.7 Å². The van der Waals surface area contributed by atoms with Crippen molar-refractivity contribution in [3.05, 3.63) is 111 Å². The number of nitrogens with zero attached hydrogens (tertiary/aromatic N) is 1. The molecule has 1 unspecified atom stereocenters. The zero-order chi connectivity index (χ0) is 26.4. The Labute approximate surface area is 212 Å². The Morgan fingerprint density at radius 1 is 1.11 bits per heavy atom. The summed E-state index contributed by atoms with van der Waals surface area (Å²) in [6.07, 6.45) is 3.15. The number of ether oxygens (including phenoxy) is 2. The zero-order valence-electron chi connectivity index (χ0n) is 20.1. The van der Waals surface area contributed by atoms with Crippen LogP contribution in [0.3, 0.4) is 0 Å². The first-order chi connectivity index (χ1) is 17.8. The molecular weight excluding hydrogens is 501 g/mol. The number of nitrogens with one attached hydrogen (secondary N) is 2. The van der Waals surface area contributed by atoms with Gasteiger partial charge in [0.15, 0.2) is 6.23 Å². The van der Waals surface area contributed by atoms with Gasteiger partial charge < -0.3 is 14.0 Å². The lowest BCUT2D eigenvalue weighted by Gasteiger charge is -2.25. The third-order valence-corrected chi connectivity index (χ3v) is 6.97. The van der Waals surface area contributed by atoms with E-state index >= 15 is 0 Å². The van der Waals surface area contributed by atoms with Crippen molar-refractivity contribution in [2.75, 3.05) is 13.7 Å². The Balaban J connectivity index is 1.53. The van der Waals surface area contributed by atoms with Crippen molar-refractivity contribution in [3.8, 4) is 5.75 Å². The van der Waals surface area contributed by atoms with Crippen molar-refractivity contribution in [2.45, 2.75) is 25.3 Å². The molecule has 0 amide bonds. The van der Waals surface area contributed by atoms with Gasteiger partial charge >= 0.3 is 19.4 Å². The lowest BCUT2D eigenvalue weighted by Crippen LogP contribution is -2.34. The fourth-order valence-electron chi connectivity index (χ4n) is 3.58. The SMILES string of the molecule is COC(=O)[C@@H](NP(=O)(OC[C@@H]1C=C[C@H](n2cc(C)c(=O)[nH]c2=O)O1)Oc1ccccc1)c1ccccc1. The summed E-state index contributed by atoms with van der Waals surface area (Å²) >= 11 is 0. The van der Waals surface area contributed by atoms with Crippen LogP contribution < -0.4 is 20.9 Å². The number of benzene rings is 2. The normalized spacial score (nSPS) is 19.2. The molecule has 2 aromatic carbocycles. The first-order valence-corrected chi connectivity index (χ1v) is 12.9. The lowest BCUT2D eigenvalue weighted by molar-refractivity contribution is -0.142. The van der Waals surface area contributed by atoms with E-state index in [9.17, 15) is 18.9 Å². The second-order valence-electron chi connectivity index (χ2n) is 8.12. The number of carbonyl (C=O) groups is 1. The number of para-hydroxylation sites is 1. The van der Waals surface area contributed by atoms with Crippen molar-refractivity contribution in [1.29, 1.82) is 0 Å². The molecule has 0 fully saturated rings. The number of methoxy groups -OCH3 is 1. The second-order valence-corrected chi connectivity index (χ2v) is 9.82. The molecule has 1 aromatic heterocycles. The molecular formula is C25H26N3O8P.